The van der Waals surface area contributed by atoms with Crippen molar-refractivity contribution >= 4 is 0 Å². The minimum Gasteiger partial charge on any atom is -0.373 e. The third kappa shape index (κ3) is 3.16. The maximum atomic E-state index is 14.8. The Balaban J connectivity index is 1.72. The summed E-state index contributed by atoms with van der Waals surface area (Å²) in [4.78, 5) is 0. The van der Waals surface area contributed by atoms with Crippen molar-refractivity contribution in [2.45, 2.75) is 24.9 Å². The molecule has 0 N–H and O–H groups in total. The lowest BCUT2D eigenvalue weighted by Crippen LogP contribution is -2.40. The van der Waals surface area contributed by atoms with Gasteiger partial charge in [0.2, 0.25) is 5.82 Å². The number of hydrogen-bond acceptors (Lipinski definition) is 1. The van der Waals surface area contributed by atoms with E-state index in [1.165, 1.54) is 0 Å². The molecule has 5 rings (SSSR count). The van der Waals surface area contributed by atoms with Gasteiger partial charge < -0.3 is 4.74 Å². The van der Waals surface area contributed by atoms with E-state index in [-0.39, 0.29) is 18.4 Å². The van der Waals surface area contributed by atoms with Crippen LogP contribution < -0.4 is 0 Å². The van der Waals surface area contributed by atoms with Gasteiger partial charge in [-0.25, -0.2) is 22.0 Å². The Labute approximate surface area is 176 Å². The van der Waals surface area contributed by atoms with Crippen molar-refractivity contribution in [1.29, 1.82) is 0 Å². The standard InChI is InChI=1S/C25H19F5O/c26-20-19(21(27)23(29)24(30)22(20)28)25-18-15(10-11-31-25)12-14-8-4-5-9-16(14)17(18)13-6-2-1-3-7-13/h1-9,15,17-18,25H,10-12H2/t15-,17+,18+,25-/m0/s1. The maximum Gasteiger partial charge on any atom is 0.200 e. The fourth-order valence-corrected chi connectivity index (χ4v) is 5.31. The van der Waals surface area contributed by atoms with Gasteiger partial charge in [-0.2, -0.15) is 0 Å². The molecule has 0 saturated carbocycles. The third-order valence-electron chi connectivity index (χ3n) is 6.62. The van der Waals surface area contributed by atoms with Crippen molar-refractivity contribution in [3.05, 3.63) is 106 Å². The summed E-state index contributed by atoms with van der Waals surface area (Å²) in [6.07, 6.45) is 0.0649. The number of ether oxygens (including phenoxy) is 1. The van der Waals surface area contributed by atoms with Gasteiger partial charge in [0.15, 0.2) is 23.3 Å². The molecule has 31 heavy (non-hydrogen) atoms. The van der Waals surface area contributed by atoms with E-state index in [9.17, 15) is 22.0 Å². The van der Waals surface area contributed by atoms with Gasteiger partial charge in [-0.1, -0.05) is 54.6 Å². The molecule has 0 bridgehead atoms. The zero-order valence-electron chi connectivity index (χ0n) is 16.4. The summed E-state index contributed by atoms with van der Waals surface area (Å²) in [6, 6.07) is 17.3. The van der Waals surface area contributed by atoms with E-state index in [4.69, 9.17) is 4.74 Å². The second-order valence-electron chi connectivity index (χ2n) is 8.19. The molecule has 6 heteroatoms. The van der Waals surface area contributed by atoms with Gasteiger partial charge in [0, 0.05) is 18.4 Å². The predicted molar refractivity (Wildman–Crippen MR) is 105 cm³/mol. The fourth-order valence-electron chi connectivity index (χ4n) is 5.31. The van der Waals surface area contributed by atoms with Crippen molar-refractivity contribution < 1.29 is 26.7 Å². The highest BCUT2D eigenvalue weighted by Gasteiger charge is 2.47. The Morgan fingerprint density at radius 1 is 0.710 bits per heavy atom. The second-order valence-corrected chi connectivity index (χ2v) is 8.19. The average Bonchev–Trinajstić information content (AvgIpc) is 2.80. The average molecular weight is 430 g/mol. The molecule has 0 spiro atoms. The zero-order valence-corrected chi connectivity index (χ0v) is 16.4. The third-order valence-corrected chi connectivity index (χ3v) is 6.62. The van der Waals surface area contributed by atoms with Gasteiger partial charge in [-0.15, -0.1) is 0 Å². The highest BCUT2D eigenvalue weighted by molar-refractivity contribution is 5.43. The van der Waals surface area contributed by atoms with Crippen LogP contribution in [0.1, 0.15) is 40.7 Å². The number of rotatable bonds is 2. The number of fused-ring (bicyclic) bond motifs is 2. The van der Waals surface area contributed by atoms with E-state index in [0.29, 0.717) is 12.8 Å². The molecular formula is C25H19F5O. The van der Waals surface area contributed by atoms with E-state index in [1.54, 1.807) is 0 Å². The Kier molecular flexibility index (Phi) is 5.05. The van der Waals surface area contributed by atoms with E-state index < -0.39 is 46.7 Å². The molecule has 4 atom stereocenters. The summed E-state index contributed by atoms with van der Waals surface area (Å²) in [5, 5.41) is 0. The lowest BCUT2D eigenvalue weighted by atomic mass is 9.62. The minimum absolute atomic E-state index is 0.0196. The SMILES string of the molecule is Fc1c(F)c(F)c([C@H]2OCC[C@H]3Cc4ccccc4[C@@H](c4ccccc4)[C@@H]32)c(F)c1F. The summed E-state index contributed by atoms with van der Waals surface area (Å²) in [6.45, 7) is 0.189. The lowest BCUT2D eigenvalue weighted by Gasteiger charge is -2.47. The quantitative estimate of drug-likeness (QED) is 0.257. The first kappa shape index (κ1) is 20.2. The molecule has 1 saturated heterocycles. The molecule has 0 unspecified atom stereocenters. The minimum atomic E-state index is -2.15. The largest absolute Gasteiger partial charge is 0.373 e. The molecule has 0 aromatic heterocycles. The van der Waals surface area contributed by atoms with Crippen molar-refractivity contribution in [1.82, 2.24) is 0 Å². The van der Waals surface area contributed by atoms with Crippen LogP contribution in [0, 0.1) is 40.9 Å². The van der Waals surface area contributed by atoms with Crippen LogP contribution in [-0.2, 0) is 11.2 Å². The molecule has 1 fully saturated rings. The molecule has 0 amide bonds. The molecule has 0 radical (unpaired) electrons. The summed E-state index contributed by atoms with van der Waals surface area (Å²) in [7, 11) is 0. The van der Waals surface area contributed by atoms with E-state index in [2.05, 4.69) is 0 Å². The van der Waals surface area contributed by atoms with Crippen LogP contribution >= 0.6 is 0 Å². The van der Waals surface area contributed by atoms with Crippen LogP contribution in [0.2, 0.25) is 0 Å². The Hall–Kier alpha value is -2.73. The Bertz CT molecular complexity index is 1100. The highest BCUT2D eigenvalue weighted by Crippen LogP contribution is 2.54. The van der Waals surface area contributed by atoms with Crippen LogP contribution in [0.4, 0.5) is 22.0 Å². The molecule has 160 valence electrons. The van der Waals surface area contributed by atoms with Crippen molar-refractivity contribution in [3.63, 3.8) is 0 Å². The topological polar surface area (TPSA) is 9.23 Å². The van der Waals surface area contributed by atoms with Gasteiger partial charge >= 0.3 is 0 Å². The predicted octanol–water partition coefficient (Wildman–Crippen LogP) is 6.46. The molecule has 1 aliphatic carbocycles. The van der Waals surface area contributed by atoms with Crippen LogP contribution in [0.5, 0.6) is 0 Å². The molecule has 1 nitrogen and oxygen atoms in total. The van der Waals surface area contributed by atoms with Gasteiger partial charge in [0.25, 0.3) is 0 Å². The van der Waals surface area contributed by atoms with E-state index in [1.807, 2.05) is 54.6 Å². The molecule has 1 aliphatic heterocycles. The first-order valence-electron chi connectivity index (χ1n) is 10.2. The highest BCUT2D eigenvalue weighted by atomic mass is 19.2. The van der Waals surface area contributed by atoms with E-state index >= 15 is 0 Å². The zero-order chi connectivity index (χ0) is 21.7. The van der Waals surface area contributed by atoms with Gasteiger partial charge in [-0.05, 0) is 35.4 Å². The molecule has 3 aromatic carbocycles. The second kappa shape index (κ2) is 7.75. The van der Waals surface area contributed by atoms with Crippen molar-refractivity contribution in [2.75, 3.05) is 6.61 Å². The van der Waals surface area contributed by atoms with Gasteiger partial charge in [-0.3, -0.25) is 0 Å². The van der Waals surface area contributed by atoms with Gasteiger partial charge in [0.1, 0.15) is 0 Å². The van der Waals surface area contributed by atoms with Crippen LogP contribution in [0.15, 0.2) is 54.6 Å². The molecule has 1 heterocycles. The maximum absolute atomic E-state index is 14.8. The Morgan fingerprint density at radius 3 is 2.03 bits per heavy atom. The molecular weight excluding hydrogens is 411 g/mol. The summed E-state index contributed by atoms with van der Waals surface area (Å²) < 4.78 is 77.0. The van der Waals surface area contributed by atoms with Crippen molar-refractivity contribution in [3.8, 4) is 0 Å². The summed E-state index contributed by atoms with van der Waals surface area (Å²) in [5.41, 5.74) is 2.18. The van der Waals surface area contributed by atoms with Crippen LogP contribution in [0.3, 0.4) is 0 Å². The number of benzene rings is 3. The van der Waals surface area contributed by atoms with Crippen molar-refractivity contribution in [2.24, 2.45) is 11.8 Å². The first-order valence-corrected chi connectivity index (χ1v) is 10.2. The van der Waals surface area contributed by atoms with Crippen LogP contribution in [-0.4, -0.2) is 6.61 Å². The van der Waals surface area contributed by atoms with Gasteiger partial charge in [0.05, 0.1) is 11.7 Å². The fraction of sp³-hybridized carbons (Fsp3) is 0.280. The normalized spacial score (nSPS) is 25.1. The van der Waals surface area contributed by atoms with Crippen LogP contribution in [0.25, 0.3) is 0 Å². The first-order chi connectivity index (χ1) is 15.0. The monoisotopic (exact) mass is 430 g/mol. The lowest BCUT2D eigenvalue weighted by molar-refractivity contribution is -0.0724. The number of halogens is 5. The summed E-state index contributed by atoms with van der Waals surface area (Å²) >= 11 is 0. The number of hydrogen-bond donors (Lipinski definition) is 0. The molecule has 3 aromatic rings. The summed E-state index contributed by atoms with van der Waals surface area (Å²) in [5.74, 6) is -10.4. The smallest absolute Gasteiger partial charge is 0.200 e. The van der Waals surface area contributed by atoms with E-state index in [0.717, 1.165) is 16.7 Å². The Morgan fingerprint density at radius 2 is 1.32 bits per heavy atom. The molecule has 2 aliphatic rings.